The molecule has 0 aromatic carbocycles. The Kier molecular flexibility index (Phi) is 32.5. The number of thioether (sulfide) groups is 1. The van der Waals surface area contributed by atoms with E-state index in [2.05, 4.69) is 47.9 Å². The van der Waals surface area contributed by atoms with Crippen molar-refractivity contribution in [2.75, 3.05) is 29.6 Å². The molecule has 11 unspecified atom stereocenters. The molecule has 1 heterocycles. The van der Waals surface area contributed by atoms with E-state index in [0.717, 1.165) is 27.7 Å². The van der Waals surface area contributed by atoms with Crippen molar-refractivity contribution in [1.82, 2.24) is 53.2 Å². The summed E-state index contributed by atoms with van der Waals surface area (Å²) >= 11 is 0.701. The number of carbonyl (C=O) groups excluding carboxylic acids is 10. The second kappa shape index (κ2) is 36.8. The quantitative estimate of drug-likeness (QED) is 0.0200. The van der Waals surface area contributed by atoms with Gasteiger partial charge in [0.05, 0.1) is 12.4 Å². The van der Waals surface area contributed by atoms with E-state index in [1.165, 1.54) is 0 Å². The van der Waals surface area contributed by atoms with Crippen LogP contribution in [0.5, 0.6) is 0 Å². The number of sulfone groups is 1. The Morgan fingerprint density at radius 3 is 1.18 bits per heavy atom. The third-order valence-electron chi connectivity index (χ3n) is 12.1. The van der Waals surface area contributed by atoms with Gasteiger partial charge >= 0.3 is 29.8 Å². The molecule has 1 aliphatic heterocycles. The topological polar surface area (TPSA) is 602 Å². The Morgan fingerprint density at radius 1 is 0.506 bits per heavy atom. The molecule has 0 aliphatic carbocycles. The van der Waals surface area contributed by atoms with E-state index in [1.54, 1.807) is 0 Å². The van der Waals surface area contributed by atoms with E-state index in [0.29, 0.717) is 11.8 Å². The zero-order chi connectivity index (χ0) is 65.1. The summed E-state index contributed by atoms with van der Waals surface area (Å²) in [5.74, 6) is -20.3. The second-order valence-corrected chi connectivity index (χ2v) is 22.4. The molecule has 14 atom stereocenters. The standard InChI is InChI=1S/C46H72N10O27S2/c1-19(48-41(74)23(47-18-58)5-9-30(60)61)37(70)52-24(6-10-31(62)63)42(75)49-20(2)38(71)53-25(7-11-32(64)65)43(76)50-21(3)39(72)54-26(8-12-33(66)67)44(77)51-22(4)40(73)55-27(45(78)79)16-84-13-14-85(81,82)17-29(59)56-34-36(69)35(68)28(15-57)83-46(34)80/h18-28,34-36,46,57,68-69,80H,5-17H2,1-4H3,(H,47,58)(H,48,74)(H,49,75)(H,50,76)(H,51,77)(H,52,70)(H,53,71)(H,54,72)(H,55,73)(H,56,59)(H,60,61)(H,62,63)(H,64,65)(H,66,67)(H,78,79)/t19?,20?,21?,22?,23?,24?,25?,26?,27?,28-,34?,35+,36-,46?/m1/s1. The lowest BCUT2D eigenvalue weighted by atomic mass is 9.97. The minimum atomic E-state index is -4.24. The van der Waals surface area contributed by atoms with Crippen molar-refractivity contribution in [3.8, 4) is 0 Å². The molecule has 10 amide bonds. The van der Waals surface area contributed by atoms with Crippen LogP contribution in [0.4, 0.5) is 0 Å². The van der Waals surface area contributed by atoms with Crippen LogP contribution >= 0.6 is 11.8 Å². The number of aliphatic hydroxyl groups is 4. The van der Waals surface area contributed by atoms with E-state index in [4.69, 9.17) is 9.84 Å². The Labute approximate surface area is 487 Å². The zero-order valence-corrected chi connectivity index (χ0v) is 47.7. The van der Waals surface area contributed by atoms with Gasteiger partial charge in [-0.1, -0.05) is 0 Å². The molecule has 1 aliphatic rings. The van der Waals surface area contributed by atoms with Gasteiger partial charge in [0.2, 0.25) is 59.6 Å². The SMILES string of the molecule is CC(NC(=O)C(CCC(=O)O)NC=O)C(=O)NC(CCC(=O)O)C(=O)NC(C)C(=O)NC(CCC(=O)O)C(=O)NC(C)C(=O)NC(CCC(=O)O)C(=O)NC(C)C(=O)NC(CSCCS(=O)(=O)CC(=O)NC1C(O)O[C@H](CO)[C@H](O)[C@@H]1O)C(=O)O. The van der Waals surface area contributed by atoms with E-state index < -0.39 is 247 Å². The van der Waals surface area contributed by atoms with Crippen LogP contribution in [0.1, 0.15) is 79.1 Å². The number of aliphatic hydroxyl groups excluding tert-OH is 4. The minimum absolute atomic E-state index is 0.119. The molecule has 480 valence electrons. The highest BCUT2D eigenvalue weighted by Crippen LogP contribution is 2.20. The fraction of sp³-hybridized carbons (Fsp3) is 0.674. The average Bonchev–Trinajstić information content (AvgIpc) is 3.40. The molecular formula is C46H72N10O27S2. The Hall–Kier alpha value is -7.85. The van der Waals surface area contributed by atoms with Crippen molar-refractivity contribution >= 4 is 111 Å². The number of hydrogen-bond acceptors (Lipinski definition) is 23. The van der Waals surface area contributed by atoms with Gasteiger partial charge in [0.1, 0.15) is 84.5 Å². The lowest BCUT2D eigenvalue weighted by Gasteiger charge is -2.40. The van der Waals surface area contributed by atoms with Crippen LogP contribution in [0.15, 0.2) is 0 Å². The van der Waals surface area contributed by atoms with Gasteiger partial charge in [-0.2, -0.15) is 11.8 Å². The van der Waals surface area contributed by atoms with Gasteiger partial charge in [-0.15, -0.1) is 0 Å². The molecule has 37 nitrogen and oxygen atoms in total. The van der Waals surface area contributed by atoms with Crippen molar-refractivity contribution < 1.29 is 131 Å². The van der Waals surface area contributed by atoms with E-state index in [-0.39, 0.29) is 18.6 Å². The van der Waals surface area contributed by atoms with Gasteiger partial charge in [0, 0.05) is 37.2 Å². The van der Waals surface area contributed by atoms with Crippen LogP contribution in [0.25, 0.3) is 0 Å². The van der Waals surface area contributed by atoms with Crippen LogP contribution in [0.2, 0.25) is 0 Å². The highest BCUT2D eigenvalue weighted by Gasteiger charge is 2.45. The van der Waals surface area contributed by atoms with E-state index in [9.17, 15) is 121 Å². The molecule has 0 bridgehead atoms. The Morgan fingerprint density at radius 2 is 0.847 bits per heavy atom. The normalized spacial score (nSPS) is 19.7. The lowest BCUT2D eigenvalue weighted by Crippen LogP contribution is -2.64. The third kappa shape index (κ3) is 28.1. The Bertz CT molecular complexity index is 2540. The maximum atomic E-state index is 13.5. The molecule has 0 spiro atoms. The van der Waals surface area contributed by atoms with E-state index in [1.807, 2.05) is 5.32 Å². The molecular weight excluding hydrogens is 1190 g/mol. The lowest BCUT2D eigenvalue weighted by molar-refractivity contribution is -0.253. The van der Waals surface area contributed by atoms with Crippen LogP contribution in [0.3, 0.4) is 0 Å². The summed E-state index contributed by atoms with van der Waals surface area (Å²) in [4.78, 5) is 187. The summed E-state index contributed by atoms with van der Waals surface area (Å²) in [6.07, 6.45) is -11.9. The van der Waals surface area contributed by atoms with Gasteiger partial charge in [-0.25, -0.2) is 13.2 Å². The number of hydrogen-bond donors (Lipinski definition) is 19. The predicted octanol–water partition coefficient (Wildman–Crippen LogP) is -9.33. The number of carboxylic acid groups (broad SMARTS) is 5. The minimum Gasteiger partial charge on any atom is -0.481 e. The number of aliphatic carboxylic acids is 5. The number of rotatable bonds is 40. The predicted molar refractivity (Wildman–Crippen MR) is 284 cm³/mol. The van der Waals surface area contributed by atoms with Crippen molar-refractivity contribution in [1.29, 1.82) is 0 Å². The number of ether oxygens (including phenoxy) is 1. The largest absolute Gasteiger partial charge is 0.481 e. The first-order valence-electron chi connectivity index (χ1n) is 25.6. The first-order chi connectivity index (χ1) is 39.5. The second-order valence-electron chi connectivity index (χ2n) is 19.1. The monoisotopic (exact) mass is 1260 g/mol. The first-order valence-corrected chi connectivity index (χ1v) is 28.6. The first kappa shape index (κ1) is 75.2. The van der Waals surface area contributed by atoms with Gasteiger partial charge in [0.25, 0.3) is 0 Å². The molecule has 0 saturated carbocycles. The maximum absolute atomic E-state index is 13.5. The van der Waals surface area contributed by atoms with Crippen LogP contribution in [0, 0.1) is 0 Å². The number of carbonyl (C=O) groups is 15. The number of amides is 10. The Balaban J connectivity index is 3.02. The molecule has 0 aromatic heterocycles. The molecule has 39 heteroatoms. The summed E-state index contributed by atoms with van der Waals surface area (Å²) < 4.78 is 30.2. The van der Waals surface area contributed by atoms with Crippen molar-refractivity contribution in [3.05, 3.63) is 0 Å². The van der Waals surface area contributed by atoms with Gasteiger partial charge in [-0.05, 0) is 53.4 Å². The van der Waals surface area contributed by atoms with Gasteiger partial charge in [0.15, 0.2) is 16.1 Å². The zero-order valence-electron chi connectivity index (χ0n) is 46.0. The molecule has 0 aromatic rings. The average molecular weight is 1260 g/mol. The third-order valence-corrected chi connectivity index (χ3v) is 14.9. The van der Waals surface area contributed by atoms with Crippen LogP contribution < -0.4 is 53.2 Å². The number of nitrogens with one attached hydrogen (secondary N) is 10. The summed E-state index contributed by atoms with van der Waals surface area (Å²) in [5, 5.41) is 108. The molecule has 0 radical (unpaired) electrons. The maximum Gasteiger partial charge on any atom is 0.327 e. The molecule has 85 heavy (non-hydrogen) atoms. The molecule has 1 saturated heterocycles. The highest BCUT2D eigenvalue weighted by molar-refractivity contribution is 8.00. The summed E-state index contributed by atoms with van der Waals surface area (Å²) in [7, 11) is -4.24. The summed E-state index contributed by atoms with van der Waals surface area (Å²) in [6, 6.07) is -16.4. The van der Waals surface area contributed by atoms with E-state index >= 15 is 0 Å². The smallest absolute Gasteiger partial charge is 0.327 e. The molecule has 1 fully saturated rings. The van der Waals surface area contributed by atoms with Gasteiger partial charge < -0.3 is 104 Å². The van der Waals surface area contributed by atoms with Crippen molar-refractivity contribution in [3.63, 3.8) is 0 Å². The number of carboxylic acids is 5. The highest BCUT2D eigenvalue weighted by atomic mass is 32.2. The van der Waals surface area contributed by atoms with Gasteiger partial charge in [-0.3, -0.25) is 67.1 Å². The fourth-order valence-corrected chi connectivity index (χ4v) is 10.0. The van der Waals surface area contributed by atoms with Crippen molar-refractivity contribution in [2.24, 2.45) is 0 Å². The van der Waals surface area contributed by atoms with Crippen LogP contribution in [-0.2, 0) is 86.5 Å². The van der Waals surface area contributed by atoms with Crippen LogP contribution in [-0.4, -0.2) is 258 Å². The summed E-state index contributed by atoms with van der Waals surface area (Å²) in [6.45, 7) is 3.52. The summed E-state index contributed by atoms with van der Waals surface area (Å²) in [5.41, 5.74) is 0. The fourth-order valence-electron chi connectivity index (χ4n) is 7.27. The molecule has 19 N–H and O–H groups in total. The van der Waals surface area contributed by atoms with Crippen molar-refractivity contribution in [2.45, 2.75) is 164 Å². The molecule has 1 rings (SSSR count).